The largest absolute Gasteiger partial charge is 0.474 e. The lowest BCUT2D eigenvalue weighted by Gasteiger charge is -2.44. The number of rotatable bonds is 6. The van der Waals surface area contributed by atoms with Crippen LogP contribution in [0.3, 0.4) is 0 Å². The van der Waals surface area contributed by atoms with Gasteiger partial charge >= 0.3 is 17.5 Å². The van der Waals surface area contributed by atoms with Crippen molar-refractivity contribution >= 4 is 17.5 Å². The number of amides is 1. The number of pyridine rings is 1. The summed E-state index contributed by atoms with van der Waals surface area (Å²) < 4.78 is 33.3. The average molecular weight is 521 g/mol. The van der Waals surface area contributed by atoms with Gasteiger partial charge in [0.1, 0.15) is 18.2 Å². The van der Waals surface area contributed by atoms with E-state index in [1.807, 2.05) is 39.8 Å². The summed E-state index contributed by atoms with van der Waals surface area (Å²) in [6.07, 6.45) is 3.73. The molecule has 2 aromatic rings. The van der Waals surface area contributed by atoms with Crippen LogP contribution in [0.4, 0.5) is 4.79 Å². The molecule has 2 aromatic heterocycles. The quantitative estimate of drug-likeness (QED) is 0.601. The van der Waals surface area contributed by atoms with Crippen molar-refractivity contribution in [3.8, 4) is 17.5 Å². The Labute approximate surface area is 213 Å². The minimum atomic E-state index is -1.65. The zero-order valence-corrected chi connectivity index (χ0v) is 21.7. The number of carboxylic acid groups (broad SMARTS) is 1. The van der Waals surface area contributed by atoms with Gasteiger partial charge in [0.2, 0.25) is 11.8 Å². The highest BCUT2D eigenvalue weighted by Gasteiger charge is 2.39. The van der Waals surface area contributed by atoms with Gasteiger partial charge in [0.05, 0.1) is 25.0 Å². The third-order valence-electron chi connectivity index (χ3n) is 6.38. The smallest absolute Gasteiger partial charge is 0.407 e. The second kappa shape index (κ2) is 11.1. The first-order chi connectivity index (χ1) is 17.1. The van der Waals surface area contributed by atoms with Crippen LogP contribution in [0.1, 0.15) is 44.9 Å². The van der Waals surface area contributed by atoms with Gasteiger partial charge in [-0.15, -0.1) is 0 Å². The third kappa shape index (κ3) is 6.48. The molecule has 2 aliphatic heterocycles. The van der Waals surface area contributed by atoms with Gasteiger partial charge in [-0.2, -0.15) is 4.21 Å². The molecule has 0 aliphatic carbocycles. The van der Waals surface area contributed by atoms with Gasteiger partial charge in [-0.05, 0) is 30.9 Å². The maximum Gasteiger partial charge on any atom is 0.407 e. The molecule has 2 saturated heterocycles. The Bertz CT molecular complexity index is 1080. The summed E-state index contributed by atoms with van der Waals surface area (Å²) in [4.78, 5) is 26.2. The van der Waals surface area contributed by atoms with Crippen molar-refractivity contribution in [1.29, 1.82) is 0 Å². The molecule has 0 aromatic carbocycles. The molecule has 0 spiro atoms. The maximum atomic E-state index is 11.7. The second-order valence-corrected chi connectivity index (χ2v) is 11.0. The van der Waals surface area contributed by atoms with Crippen LogP contribution in [0.25, 0.3) is 0 Å². The van der Waals surface area contributed by atoms with Gasteiger partial charge in [0, 0.05) is 37.0 Å². The molecule has 0 radical (unpaired) electrons. The summed E-state index contributed by atoms with van der Waals surface area (Å²) in [6.45, 7) is 9.07. The molecule has 4 heterocycles. The Hall–Kier alpha value is -2.83. The highest BCUT2D eigenvalue weighted by atomic mass is 32.2. The van der Waals surface area contributed by atoms with Crippen molar-refractivity contribution in [3.63, 3.8) is 0 Å². The number of likely N-dealkylation sites (tertiary alicyclic amines) is 1. The summed E-state index contributed by atoms with van der Waals surface area (Å²) >= 11 is -1.65. The van der Waals surface area contributed by atoms with E-state index in [-0.39, 0.29) is 23.5 Å². The van der Waals surface area contributed by atoms with Crippen LogP contribution < -0.4 is 9.47 Å². The predicted molar refractivity (Wildman–Crippen MR) is 130 cm³/mol. The first kappa shape index (κ1) is 26.2. The summed E-state index contributed by atoms with van der Waals surface area (Å²) in [5.41, 5.74) is 1.28. The van der Waals surface area contributed by atoms with Gasteiger partial charge in [0.25, 0.3) is 0 Å². The fraction of sp³-hybridized carbons (Fsp3) is 0.583. The van der Waals surface area contributed by atoms with Gasteiger partial charge < -0.3 is 19.5 Å². The van der Waals surface area contributed by atoms with Crippen LogP contribution in [-0.2, 0) is 26.1 Å². The predicted octanol–water partition coefficient (Wildman–Crippen LogP) is 3.69. The molecule has 2 fully saturated rings. The van der Waals surface area contributed by atoms with Gasteiger partial charge in [-0.1, -0.05) is 20.8 Å². The molecule has 11 nitrogen and oxygen atoms in total. The zero-order chi connectivity index (χ0) is 25.9. The number of carbonyl (C=O) groups is 1. The summed E-state index contributed by atoms with van der Waals surface area (Å²) in [6, 6.07) is 3.51. The van der Waals surface area contributed by atoms with E-state index in [2.05, 4.69) is 15.0 Å². The molecule has 2 atom stereocenters. The summed E-state index contributed by atoms with van der Waals surface area (Å²) in [5.74, 6) is 1.39. The lowest BCUT2D eigenvalue weighted by molar-refractivity contribution is 0.0113. The molecule has 36 heavy (non-hydrogen) atoms. The highest BCUT2D eigenvalue weighted by molar-refractivity contribution is 7.75. The third-order valence-corrected chi connectivity index (χ3v) is 7.04. The van der Waals surface area contributed by atoms with Crippen LogP contribution in [0.2, 0.25) is 0 Å². The molecule has 12 heteroatoms. The number of hydrogen-bond acceptors (Lipinski definition) is 9. The molecule has 0 unspecified atom stereocenters. The van der Waals surface area contributed by atoms with E-state index in [0.29, 0.717) is 62.1 Å². The van der Waals surface area contributed by atoms with Crippen LogP contribution in [0, 0.1) is 18.3 Å². The lowest BCUT2D eigenvalue weighted by atomic mass is 9.80. The molecule has 0 saturated carbocycles. The normalized spacial score (nSPS) is 24.8. The van der Waals surface area contributed by atoms with E-state index in [9.17, 15) is 14.1 Å². The number of aromatic nitrogens is 3. The zero-order valence-electron chi connectivity index (χ0n) is 20.9. The van der Waals surface area contributed by atoms with E-state index >= 15 is 0 Å². The van der Waals surface area contributed by atoms with Gasteiger partial charge in [0.15, 0.2) is 0 Å². The minimum Gasteiger partial charge on any atom is -0.474 e. The van der Waals surface area contributed by atoms with Crippen molar-refractivity contribution in [2.24, 2.45) is 11.3 Å². The van der Waals surface area contributed by atoms with Crippen LogP contribution in [-0.4, -0.2) is 67.2 Å². The van der Waals surface area contributed by atoms with Crippen molar-refractivity contribution < 1.29 is 31.9 Å². The highest BCUT2D eigenvalue weighted by Crippen LogP contribution is 2.35. The topological polar surface area (TPSA) is 133 Å². The SMILES string of the molecule is Cc1c(Oc2ccc(CC3COS(=O)OC3)nc2)ncnc1O[C@H]1CCN(C(=O)O)[C@@H](C(C)(C)C)C1. The summed E-state index contributed by atoms with van der Waals surface area (Å²) in [5, 5.41) is 9.60. The molecular formula is C24H32N4O7S. The van der Waals surface area contributed by atoms with E-state index in [4.69, 9.17) is 17.8 Å². The molecule has 4 rings (SSSR count). The van der Waals surface area contributed by atoms with Crippen molar-refractivity contribution in [2.75, 3.05) is 19.8 Å². The molecule has 196 valence electrons. The Morgan fingerprint density at radius 3 is 2.56 bits per heavy atom. The van der Waals surface area contributed by atoms with Gasteiger partial charge in [-0.3, -0.25) is 13.4 Å². The monoisotopic (exact) mass is 520 g/mol. The van der Waals surface area contributed by atoms with Crippen molar-refractivity contribution in [1.82, 2.24) is 19.9 Å². The molecule has 2 aliphatic rings. The summed E-state index contributed by atoms with van der Waals surface area (Å²) in [7, 11) is 0. The first-order valence-corrected chi connectivity index (χ1v) is 12.9. The fourth-order valence-corrected chi connectivity index (χ4v) is 5.07. The molecule has 1 amide bonds. The molecule has 1 N–H and O–H groups in total. The Kier molecular flexibility index (Phi) is 8.06. The minimum absolute atomic E-state index is 0.0889. The van der Waals surface area contributed by atoms with Crippen LogP contribution in [0.5, 0.6) is 17.5 Å². The van der Waals surface area contributed by atoms with Crippen molar-refractivity contribution in [3.05, 3.63) is 35.9 Å². The Morgan fingerprint density at radius 2 is 1.92 bits per heavy atom. The first-order valence-electron chi connectivity index (χ1n) is 11.9. The number of hydrogen-bond donors (Lipinski definition) is 1. The maximum absolute atomic E-state index is 11.7. The number of nitrogens with zero attached hydrogens (tertiary/aromatic N) is 4. The van der Waals surface area contributed by atoms with E-state index in [1.165, 1.54) is 11.2 Å². The average Bonchev–Trinajstić information content (AvgIpc) is 2.83. The van der Waals surface area contributed by atoms with E-state index < -0.39 is 17.5 Å². The Balaban J connectivity index is 1.39. The van der Waals surface area contributed by atoms with E-state index in [0.717, 1.165) is 5.69 Å². The van der Waals surface area contributed by atoms with Crippen molar-refractivity contribution in [2.45, 2.75) is 59.1 Å². The van der Waals surface area contributed by atoms with Gasteiger partial charge in [-0.25, -0.2) is 14.8 Å². The number of piperidine rings is 1. The lowest BCUT2D eigenvalue weighted by Crippen LogP contribution is -2.53. The van der Waals surface area contributed by atoms with E-state index in [1.54, 1.807) is 6.20 Å². The standard InChI is InChI=1S/C24H32N4O7S/c1-15-21(34-18-7-8-28(23(29)30)20(10-18)24(2,3)4)26-14-27-22(15)35-19-6-5-17(25-11-19)9-16-12-32-36(31)33-13-16/h5-6,11,14,16,18,20H,7-10,12-13H2,1-4H3,(H,29,30)/t16?,18-,20+,36?/m0/s1. The molecular weight excluding hydrogens is 488 g/mol. The fourth-order valence-electron chi connectivity index (χ4n) is 4.39. The molecule has 0 bridgehead atoms. The Morgan fingerprint density at radius 1 is 1.19 bits per heavy atom. The van der Waals surface area contributed by atoms with Crippen LogP contribution in [0.15, 0.2) is 24.7 Å². The second-order valence-electron chi connectivity index (χ2n) is 10.2. The number of ether oxygens (including phenoxy) is 2. The van der Waals surface area contributed by atoms with Crippen LogP contribution >= 0.6 is 0 Å².